The van der Waals surface area contributed by atoms with E-state index in [1.165, 1.54) is 6.08 Å². The molecule has 1 aromatic carbocycles. The number of carboxylic acid groups (broad SMARTS) is 1. The molecule has 2 N–H and O–H groups in total. The van der Waals surface area contributed by atoms with Crippen LogP contribution in [0.4, 0.5) is 0 Å². The summed E-state index contributed by atoms with van der Waals surface area (Å²) in [5.41, 5.74) is -0.117. The minimum Gasteiger partial charge on any atom is -0.494 e. The van der Waals surface area contributed by atoms with Gasteiger partial charge in [-0.25, -0.2) is 0 Å². The van der Waals surface area contributed by atoms with Crippen LogP contribution in [0, 0.1) is 5.41 Å². The number of carbonyl (C=O) groups excluding carboxylic acids is 1. The molecule has 0 aromatic heterocycles. The van der Waals surface area contributed by atoms with Gasteiger partial charge in [-0.1, -0.05) is 12.1 Å². The summed E-state index contributed by atoms with van der Waals surface area (Å²) in [6, 6.07) is 7.34. The first-order valence-corrected chi connectivity index (χ1v) is 6.77. The molecule has 0 aliphatic heterocycles. The quantitative estimate of drug-likeness (QED) is 0.756. The van der Waals surface area contributed by atoms with E-state index in [1.807, 2.05) is 31.2 Å². The number of rotatable bonds is 7. The Morgan fingerprint density at radius 1 is 1.29 bits per heavy atom. The molecule has 1 amide bonds. The second kappa shape index (κ2) is 7.47. The molecule has 0 spiro atoms. The maximum absolute atomic E-state index is 11.6. The summed E-state index contributed by atoms with van der Waals surface area (Å²) in [5.74, 6) is -0.487. The number of hydrogen-bond donors (Lipinski definition) is 2. The van der Waals surface area contributed by atoms with Crippen molar-refractivity contribution in [2.24, 2.45) is 5.41 Å². The number of ether oxygens (including phenoxy) is 1. The predicted molar refractivity (Wildman–Crippen MR) is 81.1 cm³/mol. The van der Waals surface area contributed by atoms with Crippen LogP contribution in [0.1, 0.15) is 26.3 Å². The molecular formula is C16H21NO4. The van der Waals surface area contributed by atoms with E-state index in [0.717, 1.165) is 11.3 Å². The monoisotopic (exact) mass is 291 g/mol. The average Bonchev–Trinajstić information content (AvgIpc) is 2.44. The highest BCUT2D eigenvalue weighted by molar-refractivity contribution is 5.92. The van der Waals surface area contributed by atoms with Crippen molar-refractivity contribution in [2.75, 3.05) is 13.2 Å². The van der Waals surface area contributed by atoms with Gasteiger partial charge in [-0.15, -0.1) is 0 Å². The molecule has 0 aliphatic carbocycles. The summed E-state index contributed by atoms with van der Waals surface area (Å²) >= 11 is 0. The van der Waals surface area contributed by atoms with Crippen LogP contribution >= 0.6 is 0 Å². The van der Waals surface area contributed by atoms with Gasteiger partial charge in [-0.3, -0.25) is 9.59 Å². The average molecular weight is 291 g/mol. The van der Waals surface area contributed by atoms with Crippen LogP contribution in [0.15, 0.2) is 30.3 Å². The van der Waals surface area contributed by atoms with Crippen LogP contribution in [0.5, 0.6) is 5.75 Å². The first-order chi connectivity index (χ1) is 9.85. The van der Waals surface area contributed by atoms with E-state index < -0.39 is 11.4 Å². The molecule has 5 nitrogen and oxygen atoms in total. The lowest BCUT2D eigenvalue weighted by atomic mass is 9.94. The smallest absolute Gasteiger partial charge is 0.310 e. The van der Waals surface area contributed by atoms with Crippen LogP contribution < -0.4 is 10.1 Å². The normalized spacial score (nSPS) is 11.4. The van der Waals surface area contributed by atoms with Crippen molar-refractivity contribution in [2.45, 2.75) is 20.8 Å². The van der Waals surface area contributed by atoms with Gasteiger partial charge in [-0.05, 0) is 44.5 Å². The number of benzene rings is 1. The van der Waals surface area contributed by atoms with Crippen LogP contribution in [0.2, 0.25) is 0 Å². The van der Waals surface area contributed by atoms with Crippen LogP contribution in [-0.2, 0) is 9.59 Å². The molecule has 21 heavy (non-hydrogen) atoms. The van der Waals surface area contributed by atoms with Gasteiger partial charge >= 0.3 is 5.97 Å². The van der Waals surface area contributed by atoms with Crippen molar-refractivity contribution in [3.05, 3.63) is 35.9 Å². The fourth-order valence-electron chi connectivity index (χ4n) is 1.46. The first kappa shape index (κ1) is 16.8. The SMILES string of the molecule is CCOc1ccc(/C=C/C(=O)NCC(C)(C)C(=O)O)cc1. The second-order valence-electron chi connectivity index (χ2n) is 5.24. The topological polar surface area (TPSA) is 75.6 Å². The third-order valence-electron chi connectivity index (χ3n) is 2.90. The zero-order chi connectivity index (χ0) is 15.9. The van der Waals surface area contributed by atoms with Crippen LogP contribution in [-0.4, -0.2) is 30.1 Å². The summed E-state index contributed by atoms with van der Waals surface area (Å²) in [6.45, 7) is 5.72. The van der Waals surface area contributed by atoms with E-state index >= 15 is 0 Å². The number of aliphatic carboxylic acids is 1. The van der Waals surface area contributed by atoms with Crippen LogP contribution in [0.25, 0.3) is 6.08 Å². The fraction of sp³-hybridized carbons (Fsp3) is 0.375. The summed E-state index contributed by atoms with van der Waals surface area (Å²) in [7, 11) is 0. The van der Waals surface area contributed by atoms with Crippen molar-refractivity contribution < 1.29 is 19.4 Å². The van der Waals surface area contributed by atoms with Crippen molar-refractivity contribution in [3.8, 4) is 5.75 Å². The van der Waals surface area contributed by atoms with E-state index in [1.54, 1.807) is 19.9 Å². The minimum absolute atomic E-state index is 0.0782. The Morgan fingerprint density at radius 3 is 2.43 bits per heavy atom. The molecule has 0 heterocycles. The number of hydrogen-bond acceptors (Lipinski definition) is 3. The number of carbonyl (C=O) groups is 2. The second-order valence-corrected chi connectivity index (χ2v) is 5.24. The molecule has 0 saturated carbocycles. The fourth-order valence-corrected chi connectivity index (χ4v) is 1.46. The minimum atomic E-state index is -0.983. The predicted octanol–water partition coefficient (Wildman–Crippen LogP) is 2.33. The summed E-state index contributed by atoms with van der Waals surface area (Å²) < 4.78 is 5.33. The van der Waals surface area contributed by atoms with E-state index in [-0.39, 0.29) is 12.5 Å². The molecule has 114 valence electrons. The molecule has 0 radical (unpaired) electrons. The summed E-state index contributed by atoms with van der Waals surface area (Å²) in [4.78, 5) is 22.6. The molecule has 0 fully saturated rings. The maximum atomic E-state index is 11.6. The first-order valence-electron chi connectivity index (χ1n) is 6.77. The van der Waals surface area contributed by atoms with Gasteiger partial charge in [0.15, 0.2) is 0 Å². The largest absolute Gasteiger partial charge is 0.494 e. The molecular weight excluding hydrogens is 270 g/mol. The van der Waals surface area contributed by atoms with Gasteiger partial charge < -0.3 is 15.2 Å². The Morgan fingerprint density at radius 2 is 1.90 bits per heavy atom. The lowest BCUT2D eigenvalue weighted by molar-refractivity contribution is -0.146. The zero-order valence-corrected chi connectivity index (χ0v) is 12.6. The van der Waals surface area contributed by atoms with Gasteiger partial charge in [0.1, 0.15) is 5.75 Å². The molecule has 1 rings (SSSR count). The van der Waals surface area contributed by atoms with E-state index in [9.17, 15) is 9.59 Å². The van der Waals surface area contributed by atoms with Crippen molar-refractivity contribution in [1.82, 2.24) is 5.32 Å². The zero-order valence-electron chi connectivity index (χ0n) is 12.6. The Balaban J connectivity index is 2.52. The van der Waals surface area contributed by atoms with E-state index in [2.05, 4.69) is 5.32 Å². The van der Waals surface area contributed by atoms with Gasteiger partial charge in [0.25, 0.3) is 0 Å². The highest BCUT2D eigenvalue weighted by Crippen LogP contribution is 2.14. The van der Waals surface area contributed by atoms with E-state index in [4.69, 9.17) is 9.84 Å². The Kier molecular flexibility index (Phi) is 5.96. The van der Waals surface area contributed by atoms with Crippen molar-refractivity contribution in [3.63, 3.8) is 0 Å². The molecule has 5 heteroatoms. The van der Waals surface area contributed by atoms with Gasteiger partial charge in [-0.2, -0.15) is 0 Å². The van der Waals surface area contributed by atoms with Gasteiger partial charge in [0.05, 0.1) is 12.0 Å². The Bertz CT molecular complexity index is 518. The molecule has 1 aromatic rings. The molecule has 0 unspecified atom stereocenters. The number of carboxylic acids is 1. The Labute approximate surface area is 124 Å². The summed E-state index contributed by atoms with van der Waals surface area (Å²) in [5, 5.41) is 11.5. The van der Waals surface area contributed by atoms with E-state index in [0.29, 0.717) is 6.61 Å². The Hall–Kier alpha value is -2.30. The third-order valence-corrected chi connectivity index (χ3v) is 2.90. The maximum Gasteiger partial charge on any atom is 0.310 e. The van der Waals surface area contributed by atoms with Crippen molar-refractivity contribution >= 4 is 18.0 Å². The molecule has 0 aliphatic rings. The standard InChI is InChI=1S/C16H21NO4/c1-4-21-13-8-5-12(6-9-13)7-10-14(18)17-11-16(2,3)15(19)20/h5-10H,4,11H2,1-3H3,(H,17,18)(H,19,20)/b10-7+. The summed E-state index contributed by atoms with van der Waals surface area (Å²) in [6.07, 6.45) is 3.05. The highest BCUT2D eigenvalue weighted by Gasteiger charge is 2.27. The number of amides is 1. The molecule has 0 saturated heterocycles. The van der Waals surface area contributed by atoms with Gasteiger partial charge in [0, 0.05) is 12.6 Å². The third kappa shape index (κ3) is 5.69. The van der Waals surface area contributed by atoms with Gasteiger partial charge in [0.2, 0.25) is 5.91 Å². The number of nitrogens with one attached hydrogen (secondary N) is 1. The lowest BCUT2D eigenvalue weighted by Crippen LogP contribution is -2.38. The van der Waals surface area contributed by atoms with Crippen LogP contribution in [0.3, 0.4) is 0 Å². The molecule has 0 bridgehead atoms. The lowest BCUT2D eigenvalue weighted by Gasteiger charge is -2.18. The molecule has 0 atom stereocenters. The van der Waals surface area contributed by atoms with Crippen molar-refractivity contribution in [1.29, 1.82) is 0 Å². The highest BCUT2D eigenvalue weighted by atomic mass is 16.5.